The van der Waals surface area contributed by atoms with Crippen molar-refractivity contribution >= 4 is 33.5 Å². The first kappa shape index (κ1) is 18.5. The average Bonchev–Trinajstić information content (AvgIpc) is 2.51. The normalized spacial score (nSPS) is 11.2. The second kappa shape index (κ2) is 7.40. The van der Waals surface area contributed by atoms with Crippen LogP contribution in [0.2, 0.25) is 5.02 Å². The maximum atomic E-state index is 12.6. The molecule has 0 spiro atoms. The van der Waals surface area contributed by atoms with E-state index in [9.17, 15) is 18.0 Å². The van der Waals surface area contributed by atoms with Gasteiger partial charge in [0.2, 0.25) is 0 Å². The van der Waals surface area contributed by atoms with Crippen molar-refractivity contribution < 1.29 is 27.4 Å². The fraction of sp³-hybridized carbons (Fsp3) is 0.200. The number of carbonyl (C=O) groups excluding carboxylic acids is 1. The zero-order valence-corrected chi connectivity index (χ0v) is 14.5. The SMILES string of the molecule is COC(=O)c1cc(Br)cc(COc2ccc(C(F)(F)F)cc2Cl)n1. The lowest BCUT2D eigenvalue weighted by Crippen LogP contribution is -2.08. The van der Waals surface area contributed by atoms with E-state index in [-0.39, 0.29) is 23.1 Å². The van der Waals surface area contributed by atoms with Crippen molar-refractivity contribution in [3.63, 3.8) is 0 Å². The smallest absolute Gasteiger partial charge is 0.416 e. The minimum absolute atomic E-state index is 0.0731. The molecule has 0 saturated heterocycles. The number of ether oxygens (including phenoxy) is 2. The highest BCUT2D eigenvalue weighted by Gasteiger charge is 2.31. The van der Waals surface area contributed by atoms with Gasteiger partial charge < -0.3 is 9.47 Å². The summed E-state index contributed by atoms with van der Waals surface area (Å²) in [6.45, 7) is -0.0888. The van der Waals surface area contributed by atoms with Crippen LogP contribution in [-0.2, 0) is 17.5 Å². The number of aromatic nitrogens is 1. The molecule has 0 radical (unpaired) electrons. The summed E-state index contributed by atoms with van der Waals surface area (Å²) in [4.78, 5) is 15.6. The first-order chi connectivity index (χ1) is 11.2. The minimum Gasteiger partial charge on any atom is -0.486 e. The van der Waals surface area contributed by atoms with Gasteiger partial charge in [0, 0.05) is 4.47 Å². The van der Waals surface area contributed by atoms with Gasteiger partial charge in [-0.2, -0.15) is 13.2 Å². The molecule has 0 bridgehead atoms. The van der Waals surface area contributed by atoms with E-state index < -0.39 is 17.7 Å². The molecule has 2 aromatic rings. The summed E-state index contributed by atoms with van der Waals surface area (Å²) in [5.74, 6) is -0.545. The monoisotopic (exact) mass is 423 g/mol. The molecule has 1 heterocycles. The van der Waals surface area contributed by atoms with Crippen molar-refractivity contribution in [3.05, 3.63) is 56.8 Å². The van der Waals surface area contributed by atoms with Crippen molar-refractivity contribution in [3.8, 4) is 5.75 Å². The van der Waals surface area contributed by atoms with Crippen molar-refractivity contribution in [1.82, 2.24) is 4.98 Å². The highest BCUT2D eigenvalue weighted by atomic mass is 79.9. The van der Waals surface area contributed by atoms with E-state index in [4.69, 9.17) is 16.3 Å². The van der Waals surface area contributed by atoms with Crippen LogP contribution in [-0.4, -0.2) is 18.1 Å². The summed E-state index contributed by atoms with van der Waals surface area (Å²) in [5.41, 5.74) is -0.418. The molecule has 0 saturated carbocycles. The molecule has 0 atom stereocenters. The molecule has 0 fully saturated rings. The Balaban J connectivity index is 2.17. The quantitative estimate of drug-likeness (QED) is 0.656. The third-order valence-electron chi connectivity index (χ3n) is 2.87. The fourth-order valence-corrected chi connectivity index (χ4v) is 2.50. The molecular formula is C15H10BrClF3NO3. The summed E-state index contributed by atoms with van der Waals surface area (Å²) in [6, 6.07) is 5.86. The maximum Gasteiger partial charge on any atom is 0.416 e. The zero-order chi connectivity index (χ0) is 17.9. The first-order valence-corrected chi connectivity index (χ1v) is 7.62. The Morgan fingerprint density at radius 3 is 2.58 bits per heavy atom. The number of rotatable bonds is 4. The molecule has 24 heavy (non-hydrogen) atoms. The lowest BCUT2D eigenvalue weighted by Gasteiger charge is -2.11. The van der Waals surface area contributed by atoms with E-state index in [0.29, 0.717) is 10.2 Å². The van der Waals surface area contributed by atoms with Gasteiger partial charge in [-0.3, -0.25) is 0 Å². The Hall–Kier alpha value is -1.80. The Morgan fingerprint density at radius 2 is 2.00 bits per heavy atom. The first-order valence-electron chi connectivity index (χ1n) is 6.45. The molecule has 0 aliphatic heterocycles. The van der Waals surface area contributed by atoms with Gasteiger partial charge in [0.1, 0.15) is 18.1 Å². The molecule has 0 aliphatic carbocycles. The Labute approximate surface area is 148 Å². The summed E-state index contributed by atoms with van der Waals surface area (Å²) >= 11 is 9.04. The lowest BCUT2D eigenvalue weighted by molar-refractivity contribution is -0.137. The van der Waals surface area contributed by atoms with E-state index in [2.05, 4.69) is 25.7 Å². The molecule has 128 valence electrons. The topological polar surface area (TPSA) is 48.4 Å². The number of methoxy groups -OCH3 is 1. The van der Waals surface area contributed by atoms with Gasteiger partial charge in [0.05, 0.1) is 23.4 Å². The van der Waals surface area contributed by atoms with E-state index in [0.717, 1.165) is 18.2 Å². The van der Waals surface area contributed by atoms with E-state index in [1.807, 2.05) is 0 Å². The summed E-state index contributed by atoms with van der Waals surface area (Å²) in [7, 11) is 1.23. The molecular weight excluding hydrogens is 415 g/mol. The van der Waals surface area contributed by atoms with Crippen LogP contribution in [0.25, 0.3) is 0 Å². The van der Waals surface area contributed by atoms with Gasteiger partial charge in [0.15, 0.2) is 0 Å². The van der Waals surface area contributed by atoms with E-state index in [1.165, 1.54) is 13.2 Å². The van der Waals surface area contributed by atoms with Crippen molar-refractivity contribution in [2.24, 2.45) is 0 Å². The summed E-state index contributed by atoms with van der Waals surface area (Å²) in [5, 5.41) is -0.173. The molecule has 0 N–H and O–H groups in total. The maximum absolute atomic E-state index is 12.6. The largest absolute Gasteiger partial charge is 0.486 e. The molecule has 0 amide bonds. The van der Waals surface area contributed by atoms with Crippen LogP contribution in [0.4, 0.5) is 13.2 Å². The van der Waals surface area contributed by atoms with Gasteiger partial charge in [0.25, 0.3) is 0 Å². The number of alkyl halides is 3. The van der Waals surface area contributed by atoms with Crippen molar-refractivity contribution in [2.75, 3.05) is 7.11 Å². The molecule has 9 heteroatoms. The van der Waals surface area contributed by atoms with E-state index in [1.54, 1.807) is 6.07 Å². The van der Waals surface area contributed by atoms with Crippen LogP contribution in [0, 0.1) is 0 Å². The molecule has 2 rings (SSSR count). The van der Waals surface area contributed by atoms with Gasteiger partial charge >= 0.3 is 12.1 Å². The number of nitrogens with zero attached hydrogens (tertiary/aromatic N) is 1. The summed E-state index contributed by atoms with van der Waals surface area (Å²) < 4.78 is 48.3. The minimum atomic E-state index is -4.48. The van der Waals surface area contributed by atoms with Gasteiger partial charge in [-0.05, 0) is 30.3 Å². The Kier molecular flexibility index (Phi) is 5.71. The third-order valence-corrected chi connectivity index (χ3v) is 3.63. The average molecular weight is 425 g/mol. The van der Waals surface area contributed by atoms with Crippen molar-refractivity contribution in [1.29, 1.82) is 0 Å². The number of carbonyl (C=O) groups is 1. The predicted octanol–water partition coefficient (Wildman–Crippen LogP) is 4.88. The van der Waals surface area contributed by atoms with Gasteiger partial charge in [-0.15, -0.1) is 0 Å². The molecule has 1 aromatic carbocycles. The second-order valence-corrected chi connectivity index (χ2v) is 5.91. The Bertz CT molecular complexity index is 768. The van der Waals surface area contributed by atoms with Crippen LogP contribution >= 0.6 is 27.5 Å². The number of halogens is 5. The zero-order valence-electron chi connectivity index (χ0n) is 12.2. The fourth-order valence-electron chi connectivity index (χ4n) is 1.78. The highest BCUT2D eigenvalue weighted by Crippen LogP contribution is 2.34. The van der Waals surface area contributed by atoms with Gasteiger partial charge in [-0.25, -0.2) is 9.78 Å². The predicted molar refractivity (Wildman–Crippen MR) is 84.1 cm³/mol. The standard InChI is InChI=1S/C15H10BrClF3NO3/c1-23-14(22)12-6-9(16)5-10(21-12)7-24-13-3-2-8(4-11(13)17)15(18,19)20/h2-6H,7H2,1H3. The van der Waals surface area contributed by atoms with Crippen LogP contribution in [0.5, 0.6) is 5.75 Å². The second-order valence-electron chi connectivity index (χ2n) is 4.59. The number of pyridine rings is 1. The van der Waals surface area contributed by atoms with Gasteiger partial charge in [-0.1, -0.05) is 27.5 Å². The number of hydrogen-bond donors (Lipinski definition) is 0. The lowest BCUT2D eigenvalue weighted by atomic mass is 10.2. The van der Waals surface area contributed by atoms with E-state index >= 15 is 0 Å². The summed E-state index contributed by atoms with van der Waals surface area (Å²) in [6.07, 6.45) is -4.48. The molecule has 4 nitrogen and oxygen atoms in total. The van der Waals surface area contributed by atoms with Crippen LogP contribution in [0.15, 0.2) is 34.8 Å². The molecule has 0 aliphatic rings. The Morgan fingerprint density at radius 1 is 1.29 bits per heavy atom. The molecule has 0 unspecified atom stereocenters. The highest BCUT2D eigenvalue weighted by molar-refractivity contribution is 9.10. The number of esters is 1. The molecule has 1 aromatic heterocycles. The van der Waals surface area contributed by atoms with Crippen molar-refractivity contribution in [2.45, 2.75) is 12.8 Å². The van der Waals surface area contributed by atoms with Crippen LogP contribution < -0.4 is 4.74 Å². The third kappa shape index (κ3) is 4.61. The van der Waals surface area contributed by atoms with Crippen LogP contribution in [0.1, 0.15) is 21.7 Å². The van der Waals surface area contributed by atoms with Crippen LogP contribution in [0.3, 0.4) is 0 Å². The number of benzene rings is 1. The number of hydrogen-bond acceptors (Lipinski definition) is 4.